The number of amides is 1. The molecule has 3 rings (SSSR count). The predicted molar refractivity (Wildman–Crippen MR) is 104 cm³/mol. The number of aliphatic hydroxyl groups is 1. The Kier molecular flexibility index (Phi) is 5.33. The lowest BCUT2D eigenvalue weighted by atomic mass is 9.97. The first-order valence-electron chi connectivity index (χ1n) is 9.08. The highest BCUT2D eigenvalue weighted by molar-refractivity contribution is 6.46. The van der Waals surface area contributed by atoms with E-state index in [4.69, 9.17) is 0 Å². The smallest absolute Gasteiger partial charge is 0.295 e. The van der Waals surface area contributed by atoms with Crippen LogP contribution in [-0.2, 0) is 16.6 Å². The minimum Gasteiger partial charge on any atom is -0.507 e. The van der Waals surface area contributed by atoms with E-state index in [2.05, 4.69) is 10.1 Å². The van der Waals surface area contributed by atoms with Gasteiger partial charge in [-0.25, -0.2) is 0 Å². The zero-order valence-corrected chi connectivity index (χ0v) is 16.8. The molecule has 1 saturated heterocycles. The lowest BCUT2D eigenvalue weighted by Crippen LogP contribution is -2.35. The molecule has 1 N–H and O–H groups in total. The van der Waals surface area contributed by atoms with Crippen LogP contribution in [0.3, 0.4) is 0 Å². The third kappa shape index (κ3) is 3.31. The van der Waals surface area contributed by atoms with Crippen LogP contribution in [0, 0.1) is 13.8 Å². The van der Waals surface area contributed by atoms with Crippen LogP contribution in [-0.4, -0.2) is 68.5 Å². The molecule has 148 valence electrons. The van der Waals surface area contributed by atoms with E-state index in [0.29, 0.717) is 35.7 Å². The maximum Gasteiger partial charge on any atom is 0.295 e. The third-order valence-electron chi connectivity index (χ3n) is 5.04. The van der Waals surface area contributed by atoms with Gasteiger partial charge in [-0.1, -0.05) is 6.07 Å². The second-order valence-electron chi connectivity index (χ2n) is 7.22. The first-order chi connectivity index (χ1) is 13.2. The van der Waals surface area contributed by atoms with Crippen LogP contribution in [0.5, 0.6) is 0 Å². The van der Waals surface area contributed by atoms with E-state index in [9.17, 15) is 14.7 Å². The lowest BCUT2D eigenvalue weighted by Gasteiger charge is -2.25. The monoisotopic (exact) mass is 383 g/mol. The van der Waals surface area contributed by atoms with Crippen LogP contribution in [0.1, 0.15) is 28.7 Å². The van der Waals surface area contributed by atoms with Crippen molar-refractivity contribution in [2.45, 2.75) is 19.9 Å². The van der Waals surface area contributed by atoms with Crippen LogP contribution in [0.15, 0.2) is 30.0 Å². The molecule has 1 fully saturated rings. The van der Waals surface area contributed by atoms with Gasteiger partial charge in [0.2, 0.25) is 0 Å². The minimum absolute atomic E-state index is 0.0571. The van der Waals surface area contributed by atoms with Gasteiger partial charge in [0, 0.05) is 32.0 Å². The van der Waals surface area contributed by atoms with Gasteiger partial charge in [0.25, 0.3) is 11.7 Å². The van der Waals surface area contributed by atoms with Crippen molar-refractivity contribution in [1.82, 2.24) is 24.6 Å². The van der Waals surface area contributed by atoms with Crippen LogP contribution >= 0.6 is 0 Å². The van der Waals surface area contributed by atoms with Crippen molar-refractivity contribution in [1.29, 1.82) is 0 Å². The summed E-state index contributed by atoms with van der Waals surface area (Å²) < 4.78 is 1.64. The van der Waals surface area contributed by atoms with Gasteiger partial charge in [-0.15, -0.1) is 0 Å². The molecule has 8 nitrogen and oxygen atoms in total. The number of carbonyl (C=O) groups is 2. The van der Waals surface area contributed by atoms with E-state index in [1.807, 2.05) is 25.9 Å². The maximum absolute atomic E-state index is 12.9. The van der Waals surface area contributed by atoms with E-state index in [1.165, 1.54) is 4.90 Å². The van der Waals surface area contributed by atoms with Crippen LogP contribution in [0.4, 0.5) is 0 Å². The van der Waals surface area contributed by atoms with Gasteiger partial charge < -0.3 is 14.9 Å². The number of pyridine rings is 1. The van der Waals surface area contributed by atoms with Crippen molar-refractivity contribution in [3.05, 3.63) is 52.6 Å². The molecule has 8 heteroatoms. The van der Waals surface area contributed by atoms with Gasteiger partial charge in [-0.3, -0.25) is 19.3 Å². The molecule has 3 heterocycles. The number of carbonyl (C=O) groups excluding carboxylic acids is 2. The molecular weight excluding hydrogens is 358 g/mol. The Morgan fingerprint density at radius 1 is 1.25 bits per heavy atom. The van der Waals surface area contributed by atoms with Gasteiger partial charge in [-0.05, 0) is 40.1 Å². The number of likely N-dealkylation sites (N-methyl/N-ethyl adjacent to an activating group) is 1. The van der Waals surface area contributed by atoms with Crippen molar-refractivity contribution in [2.24, 2.45) is 7.05 Å². The summed E-state index contributed by atoms with van der Waals surface area (Å²) in [7, 11) is 5.56. The molecule has 0 spiro atoms. The molecule has 0 unspecified atom stereocenters. The fraction of sp³-hybridized carbons (Fsp3) is 0.400. The number of nitrogens with zero attached hydrogens (tertiary/aromatic N) is 5. The Morgan fingerprint density at radius 3 is 2.50 bits per heavy atom. The number of ketones is 1. The van der Waals surface area contributed by atoms with Gasteiger partial charge in [-0.2, -0.15) is 5.10 Å². The normalized spacial score (nSPS) is 19.1. The Balaban J connectivity index is 2.19. The van der Waals surface area contributed by atoms with Crippen molar-refractivity contribution < 1.29 is 14.7 Å². The van der Waals surface area contributed by atoms with E-state index >= 15 is 0 Å². The Morgan fingerprint density at radius 2 is 1.96 bits per heavy atom. The van der Waals surface area contributed by atoms with Gasteiger partial charge in [0.1, 0.15) is 11.8 Å². The zero-order valence-electron chi connectivity index (χ0n) is 16.8. The van der Waals surface area contributed by atoms with Gasteiger partial charge >= 0.3 is 0 Å². The molecule has 2 aromatic heterocycles. The number of hydrogen-bond donors (Lipinski definition) is 1. The molecular formula is C20H25N5O3. The number of aryl methyl sites for hydroxylation is 2. The zero-order chi connectivity index (χ0) is 20.6. The molecule has 1 atom stereocenters. The molecule has 0 radical (unpaired) electrons. The van der Waals surface area contributed by atoms with Crippen LogP contribution < -0.4 is 0 Å². The summed E-state index contributed by atoms with van der Waals surface area (Å²) in [6.07, 6.45) is 1.61. The summed E-state index contributed by atoms with van der Waals surface area (Å²) in [6, 6.07) is 4.59. The van der Waals surface area contributed by atoms with Gasteiger partial charge in [0.05, 0.1) is 22.5 Å². The summed E-state index contributed by atoms with van der Waals surface area (Å²) in [5.74, 6) is -1.53. The standard InChI is InChI=1S/C20H25N5O3/c1-12-15(13(2)24(5)22-12)18(26)16-17(14-8-6-7-9-21-14)25(11-10-23(3)4)20(28)19(16)27/h6-9,17,26H,10-11H2,1-5H3/t17-/m1/s1. The topological polar surface area (TPSA) is 91.6 Å². The third-order valence-corrected chi connectivity index (χ3v) is 5.04. The fourth-order valence-corrected chi connectivity index (χ4v) is 3.51. The molecule has 28 heavy (non-hydrogen) atoms. The average Bonchev–Trinajstić information content (AvgIpc) is 3.06. The molecule has 0 aromatic carbocycles. The minimum atomic E-state index is -0.736. The highest BCUT2D eigenvalue weighted by Crippen LogP contribution is 2.39. The number of likely N-dealkylation sites (tertiary alicyclic amines) is 1. The molecule has 0 bridgehead atoms. The number of aromatic nitrogens is 3. The summed E-state index contributed by atoms with van der Waals surface area (Å²) >= 11 is 0. The molecule has 2 aromatic rings. The molecule has 0 aliphatic carbocycles. The highest BCUT2D eigenvalue weighted by Gasteiger charge is 2.47. The quantitative estimate of drug-likeness (QED) is 0.477. The second-order valence-corrected chi connectivity index (χ2v) is 7.22. The van der Waals surface area contributed by atoms with E-state index in [1.54, 1.807) is 43.0 Å². The average molecular weight is 383 g/mol. The fourth-order valence-electron chi connectivity index (χ4n) is 3.51. The first-order valence-corrected chi connectivity index (χ1v) is 9.08. The predicted octanol–water partition coefficient (Wildman–Crippen LogP) is 1.42. The van der Waals surface area contributed by atoms with Crippen molar-refractivity contribution in [3.63, 3.8) is 0 Å². The largest absolute Gasteiger partial charge is 0.507 e. The number of Topliss-reactive ketones (excluding diaryl/α,β-unsaturated/α-hetero) is 1. The Labute approximate surface area is 164 Å². The molecule has 1 aliphatic rings. The lowest BCUT2D eigenvalue weighted by molar-refractivity contribution is -0.140. The summed E-state index contributed by atoms with van der Waals surface area (Å²) in [6.45, 7) is 4.51. The number of aliphatic hydroxyl groups excluding tert-OH is 1. The number of rotatable bonds is 5. The number of hydrogen-bond acceptors (Lipinski definition) is 6. The summed E-state index contributed by atoms with van der Waals surface area (Å²) in [4.78, 5) is 33.5. The molecule has 1 aliphatic heterocycles. The van der Waals surface area contributed by atoms with Crippen LogP contribution in [0.2, 0.25) is 0 Å². The van der Waals surface area contributed by atoms with Crippen molar-refractivity contribution in [3.8, 4) is 0 Å². The Bertz CT molecular complexity index is 946. The van der Waals surface area contributed by atoms with Gasteiger partial charge in [0.15, 0.2) is 0 Å². The van der Waals surface area contributed by atoms with E-state index < -0.39 is 17.7 Å². The van der Waals surface area contributed by atoms with Crippen LogP contribution in [0.25, 0.3) is 5.76 Å². The highest BCUT2D eigenvalue weighted by atomic mass is 16.3. The maximum atomic E-state index is 12.9. The van der Waals surface area contributed by atoms with Crippen molar-refractivity contribution in [2.75, 3.05) is 27.2 Å². The summed E-state index contributed by atoms with van der Waals surface area (Å²) in [5, 5.41) is 15.4. The van der Waals surface area contributed by atoms with Crippen molar-refractivity contribution >= 4 is 17.4 Å². The van der Waals surface area contributed by atoms with E-state index in [-0.39, 0.29) is 11.3 Å². The Hall–Kier alpha value is -3.00. The SMILES string of the molecule is Cc1nn(C)c(C)c1C(O)=C1C(=O)C(=O)N(CCN(C)C)[C@@H]1c1ccccn1. The molecule has 1 amide bonds. The second kappa shape index (κ2) is 7.55. The first kappa shape index (κ1) is 19.8. The summed E-state index contributed by atoms with van der Waals surface area (Å²) in [5.41, 5.74) is 2.39. The van der Waals surface area contributed by atoms with E-state index in [0.717, 1.165) is 0 Å². The molecule has 0 saturated carbocycles.